The van der Waals surface area contributed by atoms with E-state index in [9.17, 15) is 9.18 Å². The lowest BCUT2D eigenvalue weighted by Crippen LogP contribution is -2.34. The summed E-state index contributed by atoms with van der Waals surface area (Å²) >= 11 is 4.97. The number of benzene rings is 1. The fraction of sp³-hybridized carbons (Fsp3) is 0.429. The zero-order chi connectivity index (χ0) is 15.3. The van der Waals surface area contributed by atoms with Gasteiger partial charge in [-0.3, -0.25) is 4.79 Å². The molecule has 6 heteroatoms. The van der Waals surface area contributed by atoms with Crippen LogP contribution in [0.5, 0.6) is 0 Å². The minimum absolute atomic E-state index is 0.0225. The summed E-state index contributed by atoms with van der Waals surface area (Å²) in [5, 5.41) is 2.61. The van der Waals surface area contributed by atoms with Gasteiger partial charge < -0.3 is 16.0 Å². The Morgan fingerprint density at radius 2 is 2.20 bits per heavy atom. The van der Waals surface area contributed by atoms with Crippen LogP contribution in [-0.2, 0) is 11.3 Å². The molecule has 0 aromatic heterocycles. The van der Waals surface area contributed by atoms with Gasteiger partial charge in [0.05, 0.1) is 0 Å². The lowest BCUT2D eigenvalue weighted by molar-refractivity contribution is -0.124. The van der Waals surface area contributed by atoms with Crippen molar-refractivity contribution in [3.63, 3.8) is 0 Å². The van der Waals surface area contributed by atoms with Crippen molar-refractivity contribution in [3.8, 4) is 0 Å². The average molecular weight is 297 g/mol. The number of carbonyl (C=O) groups excluding carboxylic acids is 1. The molecule has 0 fully saturated rings. The molecule has 0 aliphatic rings. The summed E-state index contributed by atoms with van der Waals surface area (Å²) < 4.78 is 13.3. The standard InChI is InChI=1S/C14H20FN3OS/c1-9(14(19)17-2)7-18(3)8-10-6-11(15)4-5-12(10)13(16)20/h4-6,9H,7-8H2,1-3H3,(H2,16,20)(H,17,19). The lowest BCUT2D eigenvalue weighted by Gasteiger charge is -2.21. The average Bonchev–Trinajstić information content (AvgIpc) is 2.37. The van der Waals surface area contributed by atoms with E-state index in [0.717, 1.165) is 5.56 Å². The topological polar surface area (TPSA) is 58.4 Å². The van der Waals surface area contributed by atoms with E-state index in [-0.39, 0.29) is 22.6 Å². The first-order chi connectivity index (χ1) is 9.35. The normalized spacial score (nSPS) is 12.2. The Hall–Kier alpha value is -1.53. The van der Waals surface area contributed by atoms with Gasteiger partial charge in [-0.2, -0.15) is 0 Å². The summed E-state index contributed by atoms with van der Waals surface area (Å²) in [4.78, 5) is 13.7. The molecule has 1 unspecified atom stereocenters. The molecule has 1 amide bonds. The van der Waals surface area contributed by atoms with Crippen LogP contribution >= 0.6 is 12.2 Å². The van der Waals surface area contributed by atoms with E-state index in [4.69, 9.17) is 18.0 Å². The van der Waals surface area contributed by atoms with E-state index in [1.165, 1.54) is 12.1 Å². The van der Waals surface area contributed by atoms with Crippen molar-refractivity contribution in [1.29, 1.82) is 0 Å². The summed E-state index contributed by atoms with van der Waals surface area (Å²) in [6.45, 7) is 2.88. The SMILES string of the molecule is CNC(=O)C(C)CN(C)Cc1cc(F)ccc1C(N)=S. The van der Waals surface area contributed by atoms with Crippen molar-refractivity contribution in [2.45, 2.75) is 13.5 Å². The van der Waals surface area contributed by atoms with Crippen LogP contribution in [-0.4, -0.2) is 36.4 Å². The number of carbonyl (C=O) groups is 1. The molecule has 0 aliphatic heterocycles. The maximum Gasteiger partial charge on any atom is 0.223 e. The van der Waals surface area contributed by atoms with E-state index in [0.29, 0.717) is 18.7 Å². The number of halogens is 1. The predicted molar refractivity (Wildman–Crippen MR) is 81.9 cm³/mol. The number of hydrogen-bond donors (Lipinski definition) is 2. The molecule has 4 nitrogen and oxygen atoms in total. The molecule has 0 spiro atoms. The molecule has 110 valence electrons. The van der Waals surface area contributed by atoms with Gasteiger partial charge in [-0.1, -0.05) is 19.1 Å². The molecule has 1 aromatic rings. The Labute approximate surface area is 124 Å². The van der Waals surface area contributed by atoms with Gasteiger partial charge >= 0.3 is 0 Å². The quantitative estimate of drug-likeness (QED) is 0.777. The summed E-state index contributed by atoms with van der Waals surface area (Å²) in [7, 11) is 3.48. The van der Waals surface area contributed by atoms with Crippen molar-refractivity contribution in [1.82, 2.24) is 10.2 Å². The number of rotatable bonds is 6. The highest BCUT2D eigenvalue weighted by molar-refractivity contribution is 7.80. The summed E-state index contributed by atoms with van der Waals surface area (Å²) in [6, 6.07) is 4.35. The number of hydrogen-bond acceptors (Lipinski definition) is 3. The zero-order valence-electron chi connectivity index (χ0n) is 11.9. The molecule has 20 heavy (non-hydrogen) atoms. The molecule has 3 N–H and O–H groups in total. The number of nitrogens with zero attached hydrogens (tertiary/aromatic N) is 1. The van der Waals surface area contributed by atoms with Gasteiger partial charge in [-0.15, -0.1) is 0 Å². The second-order valence-corrected chi connectivity index (χ2v) is 5.32. The monoisotopic (exact) mass is 297 g/mol. The zero-order valence-corrected chi connectivity index (χ0v) is 12.8. The number of amides is 1. The van der Waals surface area contributed by atoms with E-state index in [1.807, 2.05) is 18.9 Å². The Morgan fingerprint density at radius 3 is 2.75 bits per heavy atom. The maximum atomic E-state index is 13.3. The van der Waals surface area contributed by atoms with Crippen molar-refractivity contribution >= 4 is 23.1 Å². The minimum Gasteiger partial charge on any atom is -0.389 e. The third kappa shape index (κ3) is 4.54. The Balaban J connectivity index is 2.79. The first-order valence-electron chi connectivity index (χ1n) is 6.33. The molecule has 1 aromatic carbocycles. The third-order valence-corrected chi connectivity index (χ3v) is 3.27. The van der Waals surface area contributed by atoms with E-state index in [2.05, 4.69) is 5.32 Å². The van der Waals surface area contributed by atoms with Gasteiger partial charge in [0.2, 0.25) is 5.91 Å². The molecule has 1 atom stereocenters. The van der Waals surface area contributed by atoms with Crippen molar-refractivity contribution in [2.75, 3.05) is 20.6 Å². The maximum absolute atomic E-state index is 13.3. The minimum atomic E-state index is -0.326. The van der Waals surface area contributed by atoms with Crippen LogP contribution in [0.3, 0.4) is 0 Å². The number of thiocarbonyl (C=S) groups is 1. The fourth-order valence-corrected chi connectivity index (χ4v) is 2.28. The molecule has 0 saturated heterocycles. The van der Waals surface area contributed by atoms with E-state index < -0.39 is 0 Å². The van der Waals surface area contributed by atoms with Gasteiger partial charge in [0.25, 0.3) is 0 Å². The molecular weight excluding hydrogens is 277 g/mol. The van der Waals surface area contributed by atoms with Crippen LogP contribution in [0.1, 0.15) is 18.1 Å². The molecule has 0 radical (unpaired) electrons. The van der Waals surface area contributed by atoms with Crippen LogP contribution in [0.4, 0.5) is 4.39 Å². The first kappa shape index (κ1) is 16.5. The number of nitrogens with one attached hydrogen (secondary N) is 1. The molecule has 0 aliphatic carbocycles. The van der Waals surface area contributed by atoms with Crippen LogP contribution in [0, 0.1) is 11.7 Å². The fourth-order valence-electron chi connectivity index (χ4n) is 2.09. The highest BCUT2D eigenvalue weighted by Crippen LogP contribution is 2.14. The van der Waals surface area contributed by atoms with Crippen LogP contribution in [0.2, 0.25) is 0 Å². The van der Waals surface area contributed by atoms with Crippen LogP contribution < -0.4 is 11.1 Å². The number of nitrogens with two attached hydrogens (primary N) is 1. The van der Waals surface area contributed by atoms with Gasteiger partial charge in [-0.25, -0.2) is 4.39 Å². The van der Waals surface area contributed by atoms with E-state index in [1.54, 1.807) is 13.1 Å². The molecule has 0 heterocycles. The summed E-state index contributed by atoms with van der Waals surface area (Å²) in [5.41, 5.74) is 7.03. The van der Waals surface area contributed by atoms with Gasteiger partial charge in [0, 0.05) is 31.6 Å². The Bertz CT molecular complexity index is 507. The Kier molecular flexibility index (Phi) is 6.04. The van der Waals surface area contributed by atoms with Gasteiger partial charge in [0.1, 0.15) is 10.8 Å². The highest BCUT2D eigenvalue weighted by atomic mass is 32.1. The van der Waals surface area contributed by atoms with Crippen molar-refractivity contribution < 1.29 is 9.18 Å². The first-order valence-corrected chi connectivity index (χ1v) is 6.74. The second kappa shape index (κ2) is 7.31. The second-order valence-electron chi connectivity index (χ2n) is 4.88. The smallest absolute Gasteiger partial charge is 0.223 e. The van der Waals surface area contributed by atoms with Gasteiger partial charge in [0.15, 0.2) is 0 Å². The van der Waals surface area contributed by atoms with Crippen LogP contribution in [0.15, 0.2) is 18.2 Å². The van der Waals surface area contributed by atoms with Crippen molar-refractivity contribution in [2.24, 2.45) is 11.7 Å². The molecular formula is C14H20FN3OS. The molecule has 0 saturated carbocycles. The molecule has 0 bridgehead atoms. The summed E-state index contributed by atoms with van der Waals surface area (Å²) in [5.74, 6) is -0.495. The molecule has 1 rings (SSSR count). The van der Waals surface area contributed by atoms with E-state index >= 15 is 0 Å². The largest absolute Gasteiger partial charge is 0.389 e. The summed E-state index contributed by atoms with van der Waals surface area (Å²) in [6.07, 6.45) is 0. The lowest BCUT2D eigenvalue weighted by atomic mass is 10.1. The van der Waals surface area contributed by atoms with Crippen LogP contribution in [0.25, 0.3) is 0 Å². The highest BCUT2D eigenvalue weighted by Gasteiger charge is 2.15. The Morgan fingerprint density at radius 1 is 1.55 bits per heavy atom. The van der Waals surface area contributed by atoms with Gasteiger partial charge in [-0.05, 0) is 30.8 Å². The predicted octanol–water partition coefficient (Wildman–Crippen LogP) is 1.27. The third-order valence-electron chi connectivity index (χ3n) is 3.05. The van der Waals surface area contributed by atoms with Crippen molar-refractivity contribution in [3.05, 3.63) is 35.1 Å².